The normalized spacial score (nSPS) is 54.6. The number of nitrogens with two attached hydrogens (primary N) is 1. The van der Waals surface area contributed by atoms with Crippen molar-refractivity contribution < 1.29 is 4.74 Å². The molecule has 4 atom stereocenters. The van der Waals surface area contributed by atoms with Crippen molar-refractivity contribution >= 4 is 0 Å². The molecule has 0 amide bonds. The zero-order chi connectivity index (χ0) is 9.97. The van der Waals surface area contributed by atoms with Crippen LogP contribution >= 0.6 is 0 Å². The molecule has 3 rings (SSSR count). The number of hydrogen-bond donors (Lipinski definition) is 1. The molecule has 0 bridgehead atoms. The van der Waals surface area contributed by atoms with Crippen LogP contribution < -0.4 is 5.73 Å². The highest BCUT2D eigenvalue weighted by Gasteiger charge is 2.68. The van der Waals surface area contributed by atoms with E-state index in [0.717, 1.165) is 12.5 Å². The Morgan fingerprint density at radius 3 is 2.64 bits per heavy atom. The van der Waals surface area contributed by atoms with Gasteiger partial charge in [-0.3, -0.25) is 0 Å². The summed E-state index contributed by atoms with van der Waals surface area (Å²) in [5.41, 5.74) is 7.07. The fourth-order valence-corrected chi connectivity index (χ4v) is 4.28. The number of hydrogen-bond acceptors (Lipinski definition) is 2. The Labute approximate surface area is 86.2 Å². The summed E-state index contributed by atoms with van der Waals surface area (Å²) in [7, 11) is 0. The summed E-state index contributed by atoms with van der Waals surface area (Å²) in [6.45, 7) is 5.62. The van der Waals surface area contributed by atoms with Crippen LogP contribution in [0, 0.1) is 16.7 Å². The maximum absolute atomic E-state index is 6.22. The predicted octanol–water partition coefficient (Wildman–Crippen LogP) is 1.93. The molecule has 2 saturated carbocycles. The fraction of sp³-hybridized carbons (Fsp3) is 1.00. The highest BCUT2D eigenvalue weighted by atomic mass is 16.5. The van der Waals surface area contributed by atoms with Crippen molar-refractivity contribution in [2.45, 2.75) is 51.7 Å². The Hall–Kier alpha value is -0.0800. The summed E-state index contributed by atoms with van der Waals surface area (Å²) in [5, 5.41) is 0. The van der Waals surface area contributed by atoms with Gasteiger partial charge in [-0.15, -0.1) is 0 Å². The van der Waals surface area contributed by atoms with E-state index < -0.39 is 0 Å². The smallest absolute Gasteiger partial charge is 0.0635 e. The lowest BCUT2D eigenvalue weighted by atomic mass is 9.75. The van der Waals surface area contributed by atoms with E-state index >= 15 is 0 Å². The third-order valence-corrected chi connectivity index (χ3v) is 5.17. The van der Waals surface area contributed by atoms with Crippen molar-refractivity contribution in [3.63, 3.8) is 0 Å². The molecule has 2 heteroatoms. The molecule has 3 aliphatic rings. The molecule has 2 nitrogen and oxygen atoms in total. The SMILES string of the molecule is CC1(C)[C@@H](N)[C@@H]1C12CCC[C@H]1OCC2. The third-order valence-electron chi connectivity index (χ3n) is 5.17. The number of ether oxygens (including phenoxy) is 1. The van der Waals surface area contributed by atoms with E-state index in [2.05, 4.69) is 13.8 Å². The third kappa shape index (κ3) is 0.892. The zero-order valence-corrected chi connectivity index (χ0v) is 9.25. The largest absolute Gasteiger partial charge is 0.378 e. The molecule has 14 heavy (non-hydrogen) atoms. The van der Waals surface area contributed by atoms with E-state index in [-0.39, 0.29) is 0 Å². The Morgan fingerprint density at radius 1 is 1.29 bits per heavy atom. The van der Waals surface area contributed by atoms with E-state index in [0.29, 0.717) is 23.0 Å². The molecule has 1 heterocycles. The minimum absolute atomic E-state index is 0.371. The van der Waals surface area contributed by atoms with Gasteiger partial charge in [-0.05, 0) is 30.6 Å². The molecule has 0 aromatic rings. The summed E-state index contributed by atoms with van der Waals surface area (Å²) >= 11 is 0. The van der Waals surface area contributed by atoms with Gasteiger partial charge in [-0.1, -0.05) is 20.3 Å². The van der Waals surface area contributed by atoms with E-state index in [1.54, 1.807) is 0 Å². The second-order valence-corrected chi connectivity index (χ2v) is 6.06. The minimum atomic E-state index is 0.371. The highest BCUT2D eigenvalue weighted by Crippen LogP contribution is 2.67. The van der Waals surface area contributed by atoms with Crippen LogP contribution in [0.25, 0.3) is 0 Å². The van der Waals surface area contributed by atoms with Crippen LogP contribution in [0.2, 0.25) is 0 Å². The molecule has 2 N–H and O–H groups in total. The van der Waals surface area contributed by atoms with Crippen LogP contribution in [0.3, 0.4) is 0 Å². The van der Waals surface area contributed by atoms with Crippen LogP contribution in [-0.2, 0) is 4.74 Å². The van der Waals surface area contributed by atoms with Crippen molar-refractivity contribution in [2.75, 3.05) is 6.61 Å². The molecule has 0 aromatic heterocycles. The van der Waals surface area contributed by atoms with Gasteiger partial charge in [0.15, 0.2) is 0 Å². The average molecular weight is 195 g/mol. The molecule has 0 spiro atoms. The van der Waals surface area contributed by atoms with Crippen molar-refractivity contribution in [3.8, 4) is 0 Å². The van der Waals surface area contributed by atoms with Gasteiger partial charge in [0.1, 0.15) is 0 Å². The van der Waals surface area contributed by atoms with Crippen LogP contribution in [0.4, 0.5) is 0 Å². The number of rotatable bonds is 1. The molecule has 0 radical (unpaired) electrons. The molecule has 1 saturated heterocycles. The Balaban J connectivity index is 1.90. The lowest BCUT2D eigenvalue weighted by Crippen LogP contribution is -2.31. The molecular weight excluding hydrogens is 174 g/mol. The van der Waals surface area contributed by atoms with Crippen LogP contribution in [0.5, 0.6) is 0 Å². The first-order valence-electron chi connectivity index (χ1n) is 5.96. The first-order chi connectivity index (χ1) is 6.59. The van der Waals surface area contributed by atoms with Gasteiger partial charge in [-0.2, -0.15) is 0 Å². The Bertz CT molecular complexity index is 251. The van der Waals surface area contributed by atoms with E-state index in [1.807, 2.05) is 0 Å². The summed E-state index contributed by atoms with van der Waals surface area (Å²) in [5.74, 6) is 0.727. The van der Waals surface area contributed by atoms with Gasteiger partial charge < -0.3 is 10.5 Å². The second-order valence-electron chi connectivity index (χ2n) is 6.06. The monoisotopic (exact) mass is 195 g/mol. The molecular formula is C12H21NO. The minimum Gasteiger partial charge on any atom is -0.378 e. The second kappa shape index (κ2) is 2.53. The van der Waals surface area contributed by atoms with E-state index in [9.17, 15) is 0 Å². The maximum atomic E-state index is 6.22. The van der Waals surface area contributed by atoms with Gasteiger partial charge in [0.2, 0.25) is 0 Å². The maximum Gasteiger partial charge on any atom is 0.0635 e. The summed E-state index contributed by atoms with van der Waals surface area (Å²) < 4.78 is 5.87. The van der Waals surface area contributed by atoms with Crippen molar-refractivity contribution in [1.82, 2.24) is 0 Å². The van der Waals surface area contributed by atoms with Crippen LogP contribution in [0.1, 0.15) is 39.5 Å². The van der Waals surface area contributed by atoms with Crippen LogP contribution in [-0.4, -0.2) is 18.8 Å². The van der Waals surface area contributed by atoms with Crippen molar-refractivity contribution in [3.05, 3.63) is 0 Å². The Kier molecular flexibility index (Phi) is 1.66. The summed E-state index contributed by atoms with van der Waals surface area (Å²) in [6, 6.07) is 0.421. The zero-order valence-electron chi connectivity index (χ0n) is 9.25. The van der Waals surface area contributed by atoms with E-state index in [4.69, 9.17) is 10.5 Å². The van der Waals surface area contributed by atoms with Crippen LogP contribution in [0.15, 0.2) is 0 Å². The molecule has 0 aromatic carbocycles. The number of fused-ring (bicyclic) bond motifs is 1. The molecule has 80 valence electrons. The van der Waals surface area contributed by atoms with E-state index in [1.165, 1.54) is 25.7 Å². The lowest BCUT2D eigenvalue weighted by Gasteiger charge is -2.29. The van der Waals surface area contributed by atoms with Gasteiger partial charge in [0.25, 0.3) is 0 Å². The molecule has 1 aliphatic heterocycles. The highest BCUT2D eigenvalue weighted by molar-refractivity contribution is 5.20. The predicted molar refractivity (Wildman–Crippen MR) is 55.9 cm³/mol. The van der Waals surface area contributed by atoms with Gasteiger partial charge in [0, 0.05) is 18.1 Å². The van der Waals surface area contributed by atoms with Crippen molar-refractivity contribution in [2.24, 2.45) is 22.5 Å². The van der Waals surface area contributed by atoms with Gasteiger partial charge >= 0.3 is 0 Å². The van der Waals surface area contributed by atoms with Crippen molar-refractivity contribution in [1.29, 1.82) is 0 Å². The molecule has 3 fully saturated rings. The summed E-state index contributed by atoms with van der Waals surface area (Å²) in [6.07, 6.45) is 5.79. The first-order valence-corrected chi connectivity index (χ1v) is 5.96. The summed E-state index contributed by atoms with van der Waals surface area (Å²) in [4.78, 5) is 0. The standard InChI is InChI=1S/C12H21NO/c1-11(2)9(10(11)13)12-5-3-4-8(12)14-7-6-12/h8-10H,3-7,13H2,1-2H3/t8-,9+,10+,12?/m1/s1. The first kappa shape index (κ1) is 9.17. The van der Waals surface area contributed by atoms with Gasteiger partial charge in [-0.25, -0.2) is 0 Å². The average Bonchev–Trinajstić information content (AvgIpc) is 2.54. The quantitative estimate of drug-likeness (QED) is 0.694. The molecule has 2 aliphatic carbocycles. The Morgan fingerprint density at radius 2 is 2.00 bits per heavy atom. The molecule has 1 unspecified atom stereocenters. The topological polar surface area (TPSA) is 35.2 Å². The van der Waals surface area contributed by atoms with Gasteiger partial charge in [0.05, 0.1) is 6.10 Å². The lowest BCUT2D eigenvalue weighted by molar-refractivity contribution is 0.0538. The fourth-order valence-electron chi connectivity index (χ4n) is 4.28.